The first-order valence-corrected chi connectivity index (χ1v) is 7.92. The topological polar surface area (TPSA) is 92.7 Å². The molecular weight excluding hydrogens is 306 g/mol. The highest BCUT2D eigenvalue weighted by atomic mass is 16.2. The summed E-state index contributed by atoms with van der Waals surface area (Å²) < 4.78 is 1.71. The van der Waals surface area contributed by atoms with Gasteiger partial charge < -0.3 is 5.32 Å². The SMILES string of the molecule is Cn1nc(C(=O)N[C@H]2CCc3n[nH]c(=O)cc3C2)c2ccccc21. The van der Waals surface area contributed by atoms with Crippen LogP contribution in [0.25, 0.3) is 10.9 Å². The number of aryl methyl sites for hydroxylation is 2. The fourth-order valence-corrected chi connectivity index (χ4v) is 3.30. The van der Waals surface area contributed by atoms with Gasteiger partial charge in [-0.1, -0.05) is 18.2 Å². The molecule has 7 nitrogen and oxygen atoms in total. The minimum absolute atomic E-state index is 0.0191. The Bertz CT molecular complexity index is 988. The Kier molecular flexibility index (Phi) is 3.41. The molecule has 7 heteroatoms. The Labute approximate surface area is 137 Å². The van der Waals surface area contributed by atoms with Crippen LogP contribution >= 0.6 is 0 Å². The zero-order chi connectivity index (χ0) is 16.7. The molecule has 2 heterocycles. The van der Waals surface area contributed by atoms with Gasteiger partial charge in [0.05, 0.1) is 11.2 Å². The van der Waals surface area contributed by atoms with Crippen molar-refractivity contribution in [2.24, 2.45) is 7.05 Å². The van der Waals surface area contributed by atoms with Crippen molar-refractivity contribution < 1.29 is 4.79 Å². The van der Waals surface area contributed by atoms with Gasteiger partial charge in [0.2, 0.25) is 0 Å². The number of carbonyl (C=O) groups is 1. The lowest BCUT2D eigenvalue weighted by molar-refractivity contribution is 0.0929. The summed E-state index contributed by atoms with van der Waals surface area (Å²) in [6.07, 6.45) is 2.14. The molecule has 1 aliphatic carbocycles. The summed E-state index contributed by atoms with van der Waals surface area (Å²) in [4.78, 5) is 24.1. The molecule has 3 aromatic rings. The van der Waals surface area contributed by atoms with Crippen LogP contribution < -0.4 is 10.9 Å². The van der Waals surface area contributed by atoms with Gasteiger partial charge in [-0.15, -0.1) is 0 Å². The summed E-state index contributed by atoms with van der Waals surface area (Å²) in [5.74, 6) is -0.182. The molecule has 0 unspecified atom stereocenters. The fourth-order valence-electron chi connectivity index (χ4n) is 3.30. The molecule has 1 aromatic carbocycles. The number of hydrogen-bond acceptors (Lipinski definition) is 4. The van der Waals surface area contributed by atoms with Crippen LogP contribution in [0.1, 0.15) is 28.2 Å². The number of para-hydroxylation sites is 1. The van der Waals surface area contributed by atoms with Crippen molar-refractivity contribution in [3.05, 3.63) is 57.6 Å². The highest BCUT2D eigenvalue weighted by Gasteiger charge is 2.24. The molecule has 1 aliphatic rings. The third kappa shape index (κ3) is 2.47. The Hall–Kier alpha value is -2.96. The van der Waals surface area contributed by atoms with E-state index < -0.39 is 0 Å². The minimum Gasteiger partial charge on any atom is -0.348 e. The molecule has 0 spiro atoms. The number of aromatic amines is 1. The first-order chi connectivity index (χ1) is 11.6. The van der Waals surface area contributed by atoms with Gasteiger partial charge in [-0.3, -0.25) is 14.3 Å². The van der Waals surface area contributed by atoms with Crippen molar-refractivity contribution in [2.45, 2.75) is 25.3 Å². The Balaban J connectivity index is 1.57. The number of nitrogens with zero attached hydrogens (tertiary/aromatic N) is 3. The molecule has 0 aliphatic heterocycles. The van der Waals surface area contributed by atoms with Crippen molar-refractivity contribution in [3.8, 4) is 0 Å². The molecule has 1 atom stereocenters. The summed E-state index contributed by atoms with van der Waals surface area (Å²) in [6, 6.07) is 9.21. The first-order valence-electron chi connectivity index (χ1n) is 7.92. The van der Waals surface area contributed by atoms with E-state index in [-0.39, 0.29) is 17.5 Å². The molecule has 24 heavy (non-hydrogen) atoms. The summed E-state index contributed by atoms with van der Waals surface area (Å²) in [5.41, 5.74) is 2.95. The average Bonchev–Trinajstić information content (AvgIpc) is 2.92. The Morgan fingerprint density at radius 3 is 3.08 bits per heavy atom. The van der Waals surface area contributed by atoms with Crippen LogP contribution in [0.2, 0.25) is 0 Å². The van der Waals surface area contributed by atoms with Gasteiger partial charge in [0.25, 0.3) is 11.5 Å². The Morgan fingerprint density at radius 1 is 1.38 bits per heavy atom. The maximum absolute atomic E-state index is 12.6. The van der Waals surface area contributed by atoms with Gasteiger partial charge in [0, 0.05) is 24.5 Å². The number of hydrogen-bond donors (Lipinski definition) is 2. The molecule has 0 radical (unpaired) electrons. The van der Waals surface area contributed by atoms with E-state index >= 15 is 0 Å². The third-order valence-corrected chi connectivity index (χ3v) is 4.48. The van der Waals surface area contributed by atoms with Gasteiger partial charge in [0.1, 0.15) is 0 Å². The second kappa shape index (κ2) is 5.59. The lowest BCUT2D eigenvalue weighted by atomic mass is 9.92. The maximum atomic E-state index is 12.6. The van der Waals surface area contributed by atoms with Crippen LogP contribution in [0.15, 0.2) is 35.1 Å². The lowest BCUT2D eigenvalue weighted by Gasteiger charge is -2.23. The summed E-state index contributed by atoms with van der Waals surface area (Å²) in [7, 11) is 1.83. The summed E-state index contributed by atoms with van der Waals surface area (Å²) in [5, 5.41) is 14.8. The van der Waals surface area contributed by atoms with Crippen LogP contribution in [0, 0.1) is 0 Å². The fraction of sp³-hybridized carbons (Fsp3) is 0.294. The monoisotopic (exact) mass is 323 g/mol. The van der Waals surface area contributed by atoms with Gasteiger partial charge in [-0.05, 0) is 30.9 Å². The molecule has 2 N–H and O–H groups in total. The van der Waals surface area contributed by atoms with Crippen molar-refractivity contribution in [1.29, 1.82) is 0 Å². The number of aromatic nitrogens is 4. The largest absolute Gasteiger partial charge is 0.348 e. The molecule has 0 bridgehead atoms. The zero-order valence-corrected chi connectivity index (χ0v) is 13.2. The van der Waals surface area contributed by atoms with E-state index in [0.29, 0.717) is 12.1 Å². The summed E-state index contributed by atoms with van der Waals surface area (Å²) >= 11 is 0. The van der Waals surface area contributed by atoms with E-state index in [9.17, 15) is 9.59 Å². The van der Waals surface area contributed by atoms with Crippen LogP contribution in [-0.2, 0) is 19.9 Å². The van der Waals surface area contributed by atoms with Gasteiger partial charge >= 0.3 is 0 Å². The van der Waals surface area contributed by atoms with Crippen LogP contribution in [0.5, 0.6) is 0 Å². The average molecular weight is 323 g/mol. The number of H-pyrrole nitrogens is 1. The minimum atomic E-state index is -0.212. The molecular formula is C17H17N5O2. The highest BCUT2D eigenvalue weighted by Crippen LogP contribution is 2.20. The number of rotatable bonds is 2. The van der Waals surface area contributed by atoms with Crippen molar-refractivity contribution in [3.63, 3.8) is 0 Å². The second-order valence-corrected chi connectivity index (χ2v) is 6.11. The molecule has 0 saturated carbocycles. The number of amides is 1. The normalized spacial score (nSPS) is 16.8. The van der Waals surface area contributed by atoms with Crippen LogP contribution in [0.4, 0.5) is 0 Å². The molecule has 0 saturated heterocycles. The highest BCUT2D eigenvalue weighted by molar-refractivity contribution is 6.04. The van der Waals surface area contributed by atoms with E-state index in [0.717, 1.165) is 35.0 Å². The third-order valence-electron chi connectivity index (χ3n) is 4.48. The molecule has 122 valence electrons. The van der Waals surface area contributed by atoms with E-state index in [4.69, 9.17) is 0 Å². The molecule has 0 fully saturated rings. The van der Waals surface area contributed by atoms with Crippen LogP contribution in [0.3, 0.4) is 0 Å². The van der Waals surface area contributed by atoms with E-state index in [2.05, 4.69) is 20.6 Å². The standard InChI is InChI=1S/C17H17N5O2/c1-22-14-5-3-2-4-12(14)16(21-22)17(24)18-11-6-7-13-10(8-11)9-15(23)20-19-13/h2-5,9,11H,6-8H2,1H3,(H,18,24)(H,20,23)/t11-/m0/s1. The summed E-state index contributed by atoms with van der Waals surface area (Å²) in [6.45, 7) is 0. The predicted molar refractivity (Wildman–Crippen MR) is 88.9 cm³/mol. The first kappa shape index (κ1) is 14.6. The molecule has 1 amide bonds. The smallest absolute Gasteiger partial charge is 0.272 e. The number of carbonyl (C=O) groups excluding carboxylic acids is 1. The molecule has 2 aromatic heterocycles. The maximum Gasteiger partial charge on any atom is 0.272 e. The Morgan fingerprint density at radius 2 is 2.21 bits per heavy atom. The molecule has 4 rings (SSSR count). The predicted octanol–water partition coefficient (Wildman–Crippen LogP) is 0.944. The number of benzene rings is 1. The zero-order valence-electron chi connectivity index (χ0n) is 13.2. The van der Waals surface area contributed by atoms with E-state index in [1.165, 1.54) is 0 Å². The van der Waals surface area contributed by atoms with Crippen molar-refractivity contribution in [2.75, 3.05) is 0 Å². The van der Waals surface area contributed by atoms with Gasteiger partial charge in [0.15, 0.2) is 5.69 Å². The number of fused-ring (bicyclic) bond motifs is 2. The van der Waals surface area contributed by atoms with Gasteiger partial charge in [-0.25, -0.2) is 5.10 Å². The van der Waals surface area contributed by atoms with Crippen molar-refractivity contribution in [1.82, 2.24) is 25.3 Å². The van der Waals surface area contributed by atoms with E-state index in [1.54, 1.807) is 10.7 Å². The lowest BCUT2D eigenvalue weighted by Crippen LogP contribution is -2.39. The number of nitrogens with one attached hydrogen (secondary N) is 2. The van der Waals surface area contributed by atoms with E-state index in [1.807, 2.05) is 31.3 Å². The van der Waals surface area contributed by atoms with Crippen molar-refractivity contribution >= 4 is 16.8 Å². The second-order valence-electron chi connectivity index (χ2n) is 6.11. The quantitative estimate of drug-likeness (QED) is 0.734. The van der Waals surface area contributed by atoms with Crippen LogP contribution in [-0.4, -0.2) is 31.9 Å². The van der Waals surface area contributed by atoms with Gasteiger partial charge in [-0.2, -0.15) is 10.2 Å².